The fourth-order valence-electron chi connectivity index (χ4n) is 2.57. The second-order valence-corrected chi connectivity index (χ2v) is 5.97. The predicted molar refractivity (Wildman–Crippen MR) is 85.5 cm³/mol. The van der Waals surface area contributed by atoms with Crippen LogP contribution in [0, 0.1) is 0 Å². The first-order valence-electron chi connectivity index (χ1n) is 7.38. The number of nitrogens with zero attached hydrogens (tertiary/aromatic N) is 3. The van der Waals surface area contributed by atoms with Crippen LogP contribution in [-0.4, -0.2) is 54.2 Å². The van der Waals surface area contributed by atoms with Gasteiger partial charge in [0.15, 0.2) is 0 Å². The Morgan fingerprint density at radius 1 is 1.41 bits per heavy atom. The van der Waals surface area contributed by atoms with Gasteiger partial charge in [0.1, 0.15) is 0 Å². The van der Waals surface area contributed by atoms with Crippen LogP contribution in [0.5, 0.6) is 0 Å². The van der Waals surface area contributed by atoms with E-state index in [2.05, 4.69) is 17.0 Å². The van der Waals surface area contributed by atoms with Crippen molar-refractivity contribution in [3.8, 4) is 5.69 Å². The largest absolute Gasteiger partial charge is 0.376 e. The molecule has 0 bridgehead atoms. The lowest BCUT2D eigenvalue weighted by atomic mass is 10.3. The highest BCUT2D eigenvalue weighted by atomic mass is 35.5. The topological polar surface area (TPSA) is 39.5 Å². The third-order valence-electron chi connectivity index (χ3n) is 3.56. The van der Waals surface area contributed by atoms with Gasteiger partial charge in [-0.3, -0.25) is 4.90 Å². The molecular weight excluding hydrogens is 302 g/mol. The molecule has 0 saturated carbocycles. The summed E-state index contributed by atoms with van der Waals surface area (Å²) in [4.78, 5) is 2.22. The van der Waals surface area contributed by atoms with Crippen molar-refractivity contribution in [1.82, 2.24) is 14.7 Å². The van der Waals surface area contributed by atoms with E-state index in [9.17, 15) is 0 Å². The van der Waals surface area contributed by atoms with Gasteiger partial charge in [0, 0.05) is 29.9 Å². The van der Waals surface area contributed by atoms with E-state index in [1.807, 2.05) is 41.3 Å². The molecule has 22 heavy (non-hydrogen) atoms. The fourth-order valence-corrected chi connectivity index (χ4v) is 2.75. The van der Waals surface area contributed by atoms with E-state index in [-0.39, 0.29) is 6.10 Å². The van der Waals surface area contributed by atoms with Crippen LogP contribution in [0.1, 0.15) is 5.56 Å². The minimum Gasteiger partial charge on any atom is -0.376 e. The number of likely N-dealkylation sites (N-methyl/N-ethyl adjacent to an activating group) is 1. The summed E-state index contributed by atoms with van der Waals surface area (Å²) in [6.45, 7) is 3.73. The summed E-state index contributed by atoms with van der Waals surface area (Å²) in [5.74, 6) is 0. The number of rotatable bonds is 5. The molecule has 2 aromatic rings. The summed E-state index contributed by atoms with van der Waals surface area (Å²) in [6.07, 6.45) is 4.07. The monoisotopic (exact) mass is 321 g/mol. The Hall–Kier alpha value is -1.40. The minimum atomic E-state index is 0.154. The highest BCUT2D eigenvalue weighted by molar-refractivity contribution is 6.30. The molecule has 118 valence electrons. The zero-order chi connectivity index (χ0) is 15.4. The maximum absolute atomic E-state index is 6.02. The number of halogens is 1. The third-order valence-corrected chi connectivity index (χ3v) is 3.80. The number of aromatic nitrogens is 2. The van der Waals surface area contributed by atoms with Crippen LogP contribution in [0.25, 0.3) is 5.69 Å². The molecule has 1 aliphatic rings. The molecule has 0 N–H and O–H groups in total. The van der Waals surface area contributed by atoms with Crippen LogP contribution in [0.3, 0.4) is 0 Å². The van der Waals surface area contributed by atoms with Gasteiger partial charge in [-0.25, -0.2) is 4.68 Å². The van der Waals surface area contributed by atoms with E-state index in [4.69, 9.17) is 21.1 Å². The minimum absolute atomic E-state index is 0.154. The molecule has 1 aromatic heterocycles. The molecule has 1 atom stereocenters. The Bertz CT molecular complexity index is 611. The smallest absolute Gasteiger partial charge is 0.0936 e. The van der Waals surface area contributed by atoms with Gasteiger partial charge < -0.3 is 9.47 Å². The van der Waals surface area contributed by atoms with Gasteiger partial charge >= 0.3 is 0 Å². The maximum atomic E-state index is 6.02. The number of benzene rings is 1. The predicted octanol–water partition coefficient (Wildman–Crippen LogP) is 2.37. The molecule has 5 nitrogen and oxygen atoms in total. The molecule has 1 aromatic carbocycles. The average Bonchev–Trinajstić information content (AvgIpc) is 2.96. The summed E-state index contributed by atoms with van der Waals surface area (Å²) in [6, 6.07) is 7.66. The molecule has 2 heterocycles. The quantitative estimate of drug-likeness (QED) is 0.847. The highest BCUT2D eigenvalue weighted by Crippen LogP contribution is 2.15. The standard InChI is InChI=1S/C16H20ClN3O2/c1-19(11-16-12-21-5-6-22-16)9-13-8-18-20(10-13)15-4-2-3-14(17)7-15/h2-4,7-8,10,16H,5-6,9,11-12H2,1H3/t16-/m1/s1. The first-order chi connectivity index (χ1) is 10.7. The number of hydrogen-bond donors (Lipinski definition) is 0. The van der Waals surface area contributed by atoms with Crippen molar-refractivity contribution in [3.05, 3.63) is 47.2 Å². The average molecular weight is 322 g/mol. The van der Waals surface area contributed by atoms with Crippen LogP contribution in [0.15, 0.2) is 36.7 Å². The van der Waals surface area contributed by atoms with Gasteiger partial charge in [0.05, 0.1) is 37.8 Å². The molecule has 0 unspecified atom stereocenters. The fraction of sp³-hybridized carbons (Fsp3) is 0.438. The van der Waals surface area contributed by atoms with Crippen molar-refractivity contribution in [1.29, 1.82) is 0 Å². The zero-order valence-electron chi connectivity index (χ0n) is 12.6. The first-order valence-corrected chi connectivity index (χ1v) is 7.76. The van der Waals surface area contributed by atoms with Crippen LogP contribution in [0.2, 0.25) is 5.02 Å². The second-order valence-electron chi connectivity index (χ2n) is 5.54. The molecule has 6 heteroatoms. The molecule has 0 radical (unpaired) electrons. The van der Waals surface area contributed by atoms with E-state index >= 15 is 0 Å². The molecule has 0 amide bonds. The molecule has 1 aliphatic heterocycles. The summed E-state index contributed by atoms with van der Waals surface area (Å²) in [5, 5.41) is 5.11. The second kappa shape index (κ2) is 7.24. The van der Waals surface area contributed by atoms with Crippen LogP contribution in [-0.2, 0) is 16.0 Å². The van der Waals surface area contributed by atoms with Crippen LogP contribution in [0.4, 0.5) is 0 Å². The van der Waals surface area contributed by atoms with E-state index in [1.54, 1.807) is 0 Å². The van der Waals surface area contributed by atoms with Gasteiger partial charge in [-0.15, -0.1) is 0 Å². The van der Waals surface area contributed by atoms with E-state index < -0.39 is 0 Å². The lowest BCUT2D eigenvalue weighted by Gasteiger charge is -2.27. The molecule has 0 spiro atoms. The lowest BCUT2D eigenvalue weighted by molar-refractivity contribution is -0.0962. The first kappa shape index (κ1) is 15.5. The molecular formula is C16H20ClN3O2. The summed E-state index contributed by atoms with van der Waals surface area (Å²) >= 11 is 6.02. The van der Waals surface area contributed by atoms with Crippen molar-refractivity contribution in [2.24, 2.45) is 0 Å². The normalized spacial score (nSPS) is 18.8. The Morgan fingerprint density at radius 2 is 2.32 bits per heavy atom. The zero-order valence-corrected chi connectivity index (χ0v) is 13.4. The Labute approximate surface area is 135 Å². The van der Waals surface area contributed by atoms with Crippen molar-refractivity contribution in [3.63, 3.8) is 0 Å². The van der Waals surface area contributed by atoms with Gasteiger partial charge in [-0.2, -0.15) is 5.10 Å². The highest BCUT2D eigenvalue weighted by Gasteiger charge is 2.16. The molecule has 1 fully saturated rings. The van der Waals surface area contributed by atoms with Gasteiger partial charge in [0.25, 0.3) is 0 Å². The molecule has 1 saturated heterocycles. The summed E-state index contributed by atoms with van der Waals surface area (Å²) in [7, 11) is 2.08. The SMILES string of the molecule is CN(Cc1cnn(-c2cccc(Cl)c2)c1)C[C@@H]1COCCO1. The Balaban J connectivity index is 1.59. The van der Waals surface area contributed by atoms with E-state index in [0.717, 1.165) is 24.3 Å². The summed E-state index contributed by atoms with van der Waals surface area (Å²) < 4.78 is 12.9. The third kappa shape index (κ3) is 4.08. The van der Waals surface area contributed by atoms with Gasteiger partial charge in [-0.05, 0) is 25.2 Å². The molecule has 0 aliphatic carbocycles. The maximum Gasteiger partial charge on any atom is 0.0936 e. The Kier molecular flexibility index (Phi) is 5.10. The number of ether oxygens (including phenoxy) is 2. The van der Waals surface area contributed by atoms with Crippen LogP contribution >= 0.6 is 11.6 Å². The molecule has 3 rings (SSSR count). The number of hydrogen-bond acceptors (Lipinski definition) is 4. The van der Waals surface area contributed by atoms with E-state index in [1.165, 1.54) is 0 Å². The van der Waals surface area contributed by atoms with Crippen molar-refractivity contribution in [2.45, 2.75) is 12.6 Å². The summed E-state index contributed by atoms with van der Waals surface area (Å²) in [5.41, 5.74) is 2.12. The van der Waals surface area contributed by atoms with Crippen molar-refractivity contribution < 1.29 is 9.47 Å². The van der Waals surface area contributed by atoms with Crippen molar-refractivity contribution in [2.75, 3.05) is 33.4 Å². The van der Waals surface area contributed by atoms with Crippen LogP contribution < -0.4 is 0 Å². The van der Waals surface area contributed by atoms with E-state index in [0.29, 0.717) is 24.8 Å². The van der Waals surface area contributed by atoms with Crippen molar-refractivity contribution >= 4 is 11.6 Å². The Morgan fingerprint density at radius 3 is 3.09 bits per heavy atom. The van der Waals surface area contributed by atoms with Gasteiger partial charge in [0.2, 0.25) is 0 Å². The lowest BCUT2D eigenvalue weighted by Crippen LogP contribution is -2.38. The van der Waals surface area contributed by atoms with Gasteiger partial charge in [-0.1, -0.05) is 17.7 Å².